The summed E-state index contributed by atoms with van der Waals surface area (Å²) in [6.45, 7) is 0. The molecule has 0 unspecified atom stereocenters. The van der Waals surface area contributed by atoms with Crippen molar-refractivity contribution in [2.75, 3.05) is 5.75 Å². The molecule has 96 valence electrons. The van der Waals surface area contributed by atoms with Gasteiger partial charge in [0.15, 0.2) is 5.17 Å². The summed E-state index contributed by atoms with van der Waals surface area (Å²) < 4.78 is 14.1. The van der Waals surface area contributed by atoms with Gasteiger partial charge in [0.25, 0.3) is 0 Å². The van der Waals surface area contributed by atoms with E-state index in [0.717, 1.165) is 30.6 Å². The largest absolute Gasteiger partial charge is 0.379 e. The van der Waals surface area contributed by atoms with Crippen molar-refractivity contribution in [1.82, 2.24) is 0 Å². The van der Waals surface area contributed by atoms with Crippen LogP contribution in [-0.2, 0) is 5.54 Å². The third kappa shape index (κ3) is 1.83. The van der Waals surface area contributed by atoms with Gasteiger partial charge in [-0.3, -0.25) is 4.99 Å². The van der Waals surface area contributed by atoms with Gasteiger partial charge in [-0.15, -0.1) is 0 Å². The Morgan fingerprint density at radius 3 is 3.00 bits per heavy atom. The van der Waals surface area contributed by atoms with Crippen molar-refractivity contribution in [2.24, 2.45) is 16.6 Å². The van der Waals surface area contributed by atoms with E-state index in [4.69, 9.17) is 5.73 Å². The summed E-state index contributed by atoms with van der Waals surface area (Å²) in [5, 5.41) is 0.608. The second-order valence-corrected chi connectivity index (χ2v) is 6.15. The third-order valence-electron chi connectivity index (χ3n) is 4.12. The van der Waals surface area contributed by atoms with Gasteiger partial charge in [-0.2, -0.15) is 0 Å². The van der Waals surface area contributed by atoms with Gasteiger partial charge in [0.05, 0.1) is 5.54 Å². The average Bonchev–Trinajstić information content (AvgIpc) is 2.38. The quantitative estimate of drug-likeness (QED) is 0.845. The fraction of sp³-hybridized carbons (Fsp3) is 0.500. The maximum Gasteiger partial charge on any atom is 0.154 e. The van der Waals surface area contributed by atoms with Crippen LogP contribution in [-0.4, -0.2) is 10.9 Å². The van der Waals surface area contributed by atoms with Crippen LogP contribution in [0.5, 0.6) is 0 Å². The van der Waals surface area contributed by atoms with Gasteiger partial charge >= 0.3 is 0 Å². The lowest BCUT2D eigenvalue weighted by molar-refractivity contribution is 0.206. The number of halogens is 1. The molecule has 0 aromatic heterocycles. The van der Waals surface area contributed by atoms with Gasteiger partial charge in [-0.05, 0) is 24.8 Å². The molecule has 1 saturated carbocycles. The number of nitrogens with two attached hydrogens (primary N) is 1. The molecule has 1 aromatic rings. The van der Waals surface area contributed by atoms with Gasteiger partial charge < -0.3 is 5.73 Å². The predicted octanol–water partition coefficient (Wildman–Crippen LogP) is 3.27. The zero-order chi connectivity index (χ0) is 12.6. The molecule has 4 heteroatoms. The van der Waals surface area contributed by atoms with Crippen LogP contribution in [0.25, 0.3) is 0 Å². The van der Waals surface area contributed by atoms with Crippen LogP contribution >= 0.6 is 11.8 Å². The summed E-state index contributed by atoms with van der Waals surface area (Å²) >= 11 is 1.61. The number of fused-ring (bicyclic) bond motifs is 1. The molecule has 0 spiro atoms. The van der Waals surface area contributed by atoms with Gasteiger partial charge in [-0.25, -0.2) is 4.39 Å². The second-order valence-electron chi connectivity index (χ2n) is 5.11. The second kappa shape index (κ2) is 4.57. The van der Waals surface area contributed by atoms with Gasteiger partial charge in [-0.1, -0.05) is 42.8 Å². The number of rotatable bonds is 1. The van der Waals surface area contributed by atoms with E-state index in [1.54, 1.807) is 17.8 Å². The Morgan fingerprint density at radius 2 is 2.17 bits per heavy atom. The summed E-state index contributed by atoms with van der Waals surface area (Å²) in [5.74, 6) is 1.23. The van der Waals surface area contributed by atoms with Crippen LogP contribution in [0.4, 0.5) is 4.39 Å². The van der Waals surface area contributed by atoms with E-state index in [1.807, 2.05) is 12.1 Å². The molecule has 2 nitrogen and oxygen atoms in total. The molecule has 2 N–H and O–H groups in total. The molecule has 1 fully saturated rings. The van der Waals surface area contributed by atoms with Crippen molar-refractivity contribution < 1.29 is 4.39 Å². The van der Waals surface area contributed by atoms with Crippen LogP contribution in [0.15, 0.2) is 29.3 Å². The van der Waals surface area contributed by atoms with Crippen molar-refractivity contribution in [3.63, 3.8) is 0 Å². The monoisotopic (exact) mass is 264 g/mol. The third-order valence-corrected chi connectivity index (χ3v) is 5.07. The molecule has 1 aliphatic heterocycles. The summed E-state index contributed by atoms with van der Waals surface area (Å²) in [5.41, 5.74) is 6.24. The van der Waals surface area contributed by atoms with Crippen LogP contribution in [0.3, 0.4) is 0 Å². The van der Waals surface area contributed by atoms with Crippen LogP contribution < -0.4 is 5.73 Å². The molecular weight excluding hydrogens is 247 g/mol. The first-order valence-electron chi connectivity index (χ1n) is 6.45. The molecule has 1 heterocycles. The first-order valence-corrected chi connectivity index (χ1v) is 7.44. The number of hydrogen-bond acceptors (Lipinski definition) is 3. The maximum absolute atomic E-state index is 14.1. The minimum atomic E-state index is -0.404. The minimum absolute atomic E-state index is 0.146. The first kappa shape index (κ1) is 12.0. The Hall–Kier alpha value is -1.03. The summed E-state index contributed by atoms with van der Waals surface area (Å²) in [7, 11) is 0. The Kier molecular flexibility index (Phi) is 3.06. The standard InChI is InChI=1S/C14H17FN2S/c15-12-7-2-1-6-11(12)14-8-4-3-5-10(14)9-18-13(16)17-14/h1-2,6-7,10H,3-5,8-9H2,(H2,16,17)/t10-,14-/m0/s1. The Bertz CT molecular complexity index is 488. The topological polar surface area (TPSA) is 38.4 Å². The predicted molar refractivity (Wildman–Crippen MR) is 74.1 cm³/mol. The summed E-state index contributed by atoms with van der Waals surface area (Å²) in [4.78, 5) is 4.68. The number of hydrogen-bond donors (Lipinski definition) is 1. The Morgan fingerprint density at radius 1 is 1.33 bits per heavy atom. The summed E-state index contributed by atoms with van der Waals surface area (Å²) in [6.07, 6.45) is 4.36. The molecule has 0 saturated heterocycles. The average molecular weight is 264 g/mol. The molecule has 1 aliphatic carbocycles. The molecule has 2 atom stereocenters. The smallest absolute Gasteiger partial charge is 0.154 e. The zero-order valence-electron chi connectivity index (χ0n) is 10.2. The number of nitrogens with zero attached hydrogens (tertiary/aromatic N) is 1. The van der Waals surface area contributed by atoms with E-state index in [-0.39, 0.29) is 5.82 Å². The molecule has 0 radical (unpaired) electrons. The lowest BCUT2D eigenvalue weighted by Gasteiger charge is -2.44. The van der Waals surface area contributed by atoms with E-state index in [0.29, 0.717) is 11.1 Å². The van der Waals surface area contributed by atoms with Gasteiger partial charge in [0.2, 0.25) is 0 Å². The SMILES string of the molecule is NC1=N[C@@]2(c3ccccc3F)CCCC[C@H]2CS1. The van der Waals surface area contributed by atoms with Gasteiger partial charge in [0.1, 0.15) is 5.82 Å². The van der Waals surface area contributed by atoms with E-state index in [1.165, 1.54) is 12.5 Å². The fourth-order valence-corrected chi connectivity index (χ4v) is 4.28. The molecule has 0 bridgehead atoms. The number of thioether (sulfide) groups is 1. The van der Waals surface area contributed by atoms with Crippen LogP contribution in [0.2, 0.25) is 0 Å². The van der Waals surface area contributed by atoms with E-state index < -0.39 is 5.54 Å². The molecule has 2 aliphatic rings. The summed E-state index contributed by atoms with van der Waals surface area (Å²) in [6, 6.07) is 7.04. The lowest BCUT2D eigenvalue weighted by atomic mass is 9.69. The van der Waals surface area contributed by atoms with Crippen molar-refractivity contribution in [3.05, 3.63) is 35.6 Å². The Labute approximate surface area is 111 Å². The molecule has 1 aromatic carbocycles. The van der Waals surface area contributed by atoms with E-state index in [2.05, 4.69) is 4.99 Å². The van der Waals surface area contributed by atoms with Crippen molar-refractivity contribution in [1.29, 1.82) is 0 Å². The molecule has 3 rings (SSSR count). The highest BCUT2D eigenvalue weighted by Gasteiger charge is 2.45. The molecule has 0 amide bonds. The highest BCUT2D eigenvalue weighted by atomic mass is 32.2. The fourth-order valence-electron chi connectivity index (χ4n) is 3.24. The van der Waals surface area contributed by atoms with Crippen molar-refractivity contribution in [2.45, 2.75) is 31.2 Å². The number of aliphatic imine (C=N–C) groups is 1. The highest BCUT2D eigenvalue weighted by Crippen LogP contribution is 2.49. The lowest BCUT2D eigenvalue weighted by Crippen LogP contribution is -2.43. The van der Waals surface area contributed by atoms with E-state index >= 15 is 0 Å². The molecule has 18 heavy (non-hydrogen) atoms. The van der Waals surface area contributed by atoms with Crippen molar-refractivity contribution in [3.8, 4) is 0 Å². The zero-order valence-corrected chi connectivity index (χ0v) is 11.0. The molecular formula is C14H17FN2S. The maximum atomic E-state index is 14.1. The number of amidine groups is 1. The highest BCUT2D eigenvalue weighted by molar-refractivity contribution is 8.13. The Balaban J connectivity index is 2.13. The number of benzene rings is 1. The van der Waals surface area contributed by atoms with Gasteiger partial charge in [0, 0.05) is 11.3 Å². The van der Waals surface area contributed by atoms with Crippen LogP contribution in [0, 0.1) is 11.7 Å². The van der Waals surface area contributed by atoms with E-state index in [9.17, 15) is 4.39 Å². The minimum Gasteiger partial charge on any atom is -0.379 e. The van der Waals surface area contributed by atoms with Crippen LogP contribution in [0.1, 0.15) is 31.2 Å². The van der Waals surface area contributed by atoms with Crippen molar-refractivity contribution >= 4 is 16.9 Å². The normalized spacial score (nSPS) is 31.6. The first-order chi connectivity index (χ1) is 8.72.